The third-order valence-electron chi connectivity index (χ3n) is 8.64. The van der Waals surface area contributed by atoms with Gasteiger partial charge in [0, 0.05) is 57.3 Å². The number of nitrogens with zero attached hydrogens (tertiary/aromatic N) is 3. The third-order valence-corrected chi connectivity index (χ3v) is 8.64. The molecule has 3 fully saturated rings. The van der Waals surface area contributed by atoms with Gasteiger partial charge in [-0.15, -0.1) is 0 Å². The molecule has 0 aromatic heterocycles. The third kappa shape index (κ3) is 4.71. The number of imide groups is 1. The Hall–Kier alpha value is -3.23. The van der Waals surface area contributed by atoms with Crippen molar-refractivity contribution in [3.63, 3.8) is 0 Å². The maximum absolute atomic E-state index is 13.7. The molecule has 200 valence electrons. The van der Waals surface area contributed by atoms with Crippen molar-refractivity contribution in [3.05, 3.63) is 70.8 Å². The molecular formula is C30H36N4O4. The zero-order valence-corrected chi connectivity index (χ0v) is 22.0. The summed E-state index contributed by atoms with van der Waals surface area (Å²) in [6.07, 6.45) is 2.56. The summed E-state index contributed by atoms with van der Waals surface area (Å²) >= 11 is 0. The SMILES string of the molecule is C[C@@H](C1CC1)N(Cc1ccccc1)C(=O)CN1C(=O)OC2(CCc3cc(CN4CCNCC4)ccc32)C1=O. The number of carbonyl (C=O) groups is 3. The van der Waals surface area contributed by atoms with E-state index in [2.05, 4.69) is 23.2 Å². The predicted molar refractivity (Wildman–Crippen MR) is 142 cm³/mol. The molecule has 3 amide bonds. The number of piperazine rings is 1. The van der Waals surface area contributed by atoms with Gasteiger partial charge in [-0.05, 0) is 48.8 Å². The highest BCUT2D eigenvalue weighted by molar-refractivity contribution is 6.06. The summed E-state index contributed by atoms with van der Waals surface area (Å²) in [6.45, 7) is 7.12. The second kappa shape index (κ2) is 10.2. The Balaban J connectivity index is 1.18. The van der Waals surface area contributed by atoms with Gasteiger partial charge in [-0.25, -0.2) is 9.69 Å². The molecule has 2 saturated heterocycles. The number of aryl methyl sites for hydroxylation is 1. The van der Waals surface area contributed by atoms with E-state index in [1.54, 1.807) is 0 Å². The fourth-order valence-electron chi connectivity index (χ4n) is 6.23. The van der Waals surface area contributed by atoms with Crippen LogP contribution in [0.1, 0.15) is 48.4 Å². The van der Waals surface area contributed by atoms with E-state index in [0.717, 1.165) is 67.2 Å². The largest absolute Gasteiger partial charge is 0.427 e. The summed E-state index contributed by atoms with van der Waals surface area (Å²) in [5, 5.41) is 3.38. The number of carbonyl (C=O) groups excluding carboxylic acids is 3. The first kappa shape index (κ1) is 25.1. The minimum absolute atomic E-state index is 0.0479. The van der Waals surface area contributed by atoms with E-state index in [4.69, 9.17) is 4.74 Å². The lowest BCUT2D eigenvalue weighted by Crippen LogP contribution is -2.47. The maximum atomic E-state index is 13.7. The van der Waals surface area contributed by atoms with E-state index < -0.39 is 17.6 Å². The van der Waals surface area contributed by atoms with Gasteiger partial charge in [0.1, 0.15) is 6.54 Å². The Labute approximate surface area is 223 Å². The van der Waals surface area contributed by atoms with Gasteiger partial charge in [-0.1, -0.05) is 48.5 Å². The maximum Gasteiger partial charge on any atom is 0.418 e. The number of nitrogens with one attached hydrogen (secondary N) is 1. The van der Waals surface area contributed by atoms with Crippen LogP contribution < -0.4 is 5.32 Å². The topological polar surface area (TPSA) is 82.2 Å². The first-order valence-corrected chi connectivity index (χ1v) is 13.9. The zero-order chi connectivity index (χ0) is 26.3. The van der Waals surface area contributed by atoms with Crippen LogP contribution in [0.15, 0.2) is 48.5 Å². The van der Waals surface area contributed by atoms with Crippen LogP contribution in [0, 0.1) is 5.92 Å². The van der Waals surface area contributed by atoms with Crippen molar-refractivity contribution in [2.75, 3.05) is 32.7 Å². The van der Waals surface area contributed by atoms with E-state index in [-0.39, 0.29) is 18.5 Å². The lowest BCUT2D eigenvalue weighted by atomic mass is 9.94. The Bertz CT molecular complexity index is 1220. The summed E-state index contributed by atoms with van der Waals surface area (Å²) in [6, 6.07) is 16.1. The van der Waals surface area contributed by atoms with E-state index >= 15 is 0 Å². The van der Waals surface area contributed by atoms with Gasteiger partial charge in [0.25, 0.3) is 5.91 Å². The summed E-state index contributed by atoms with van der Waals surface area (Å²) in [7, 11) is 0. The lowest BCUT2D eigenvalue weighted by Gasteiger charge is -2.30. The standard InChI is InChI=1S/C30H36N4O4/c1-21(24-8-9-24)33(19-22-5-3-2-4-6-22)27(35)20-34-28(36)30(38-29(34)37)12-11-25-17-23(7-10-26(25)30)18-32-15-13-31-14-16-32/h2-7,10,17,21,24,31H,8-9,11-16,18-20H2,1H3/t21-,30?/m0/s1. The molecule has 2 aromatic rings. The Morgan fingerprint density at radius 2 is 1.87 bits per heavy atom. The molecule has 6 rings (SSSR count). The average Bonchev–Trinajstić information content (AvgIpc) is 3.69. The normalized spacial score (nSPS) is 24.0. The molecule has 8 nitrogen and oxygen atoms in total. The van der Waals surface area contributed by atoms with Gasteiger partial charge in [0.2, 0.25) is 11.5 Å². The molecule has 0 radical (unpaired) electrons. The number of benzene rings is 2. The number of rotatable bonds is 8. The second-order valence-electron chi connectivity index (χ2n) is 11.2. The molecule has 4 aliphatic rings. The highest BCUT2D eigenvalue weighted by Crippen LogP contribution is 2.45. The van der Waals surface area contributed by atoms with Gasteiger partial charge in [0.05, 0.1) is 0 Å². The van der Waals surface area contributed by atoms with E-state index in [9.17, 15) is 14.4 Å². The fourth-order valence-corrected chi connectivity index (χ4v) is 6.23. The zero-order valence-electron chi connectivity index (χ0n) is 22.0. The van der Waals surface area contributed by atoms with Crippen molar-refractivity contribution in [2.24, 2.45) is 5.92 Å². The van der Waals surface area contributed by atoms with Crippen molar-refractivity contribution < 1.29 is 19.1 Å². The van der Waals surface area contributed by atoms with Crippen molar-refractivity contribution in [2.45, 2.75) is 57.3 Å². The number of hydrogen-bond acceptors (Lipinski definition) is 6. The molecule has 1 unspecified atom stereocenters. The molecule has 8 heteroatoms. The van der Waals surface area contributed by atoms with Crippen LogP contribution >= 0.6 is 0 Å². The molecule has 2 heterocycles. The number of hydrogen-bond donors (Lipinski definition) is 1. The number of amides is 3. The Morgan fingerprint density at radius 1 is 1.11 bits per heavy atom. The summed E-state index contributed by atoms with van der Waals surface area (Å²) in [5.41, 5.74) is 2.74. The monoisotopic (exact) mass is 516 g/mol. The number of ether oxygens (including phenoxy) is 1. The summed E-state index contributed by atoms with van der Waals surface area (Å²) in [4.78, 5) is 45.6. The molecule has 2 atom stereocenters. The molecular weight excluding hydrogens is 480 g/mol. The van der Waals surface area contributed by atoms with Crippen LogP contribution in [-0.2, 0) is 39.4 Å². The van der Waals surface area contributed by atoms with Gasteiger partial charge < -0.3 is 15.0 Å². The van der Waals surface area contributed by atoms with Crippen LogP contribution in [0.25, 0.3) is 0 Å². The first-order valence-electron chi connectivity index (χ1n) is 13.9. The van der Waals surface area contributed by atoms with E-state index in [1.807, 2.05) is 47.4 Å². The summed E-state index contributed by atoms with van der Waals surface area (Å²) in [5.74, 6) is -0.171. The molecule has 38 heavy (non-hydrogen) atoms. The molecule has 2 aromatic carbocycles. The molecule has 2 aliphatic heterocycles. The van der Waals surface area contributed by atoms with Gasteiger partial charge in [0.15, 0.2) is 0 Å². The minimum Gasteiger partial charge on any atom is -0.427 e. The minimum atomic E-state index is -1.31. The predicted octanol–water partition coefficient (Wildman–Crippen LogP) is 3.04. The highest BCUT2D eigenvalue weighted by Gasteiger charge is 2.58. The first-order chi connectivity index (χ1) is 18.4. The second-order valence-corrected chi connectivity index (χ2v) is 11.2. The summed E-state index contributed by atoms with van der Waals surface area (Å²) < 4.78 is 5.82. The van der Waals surface area contributed by atoms with Crippen LogP contribution in [0.3, 0.4) is 0 Å². The number of fused-ring (bicyclic) bond motifs is 2. The smallest absolute Gasteiger partial charge is 0.418 e. The molecule has 1 N–H and O–H groups in total. The molecule has 0 bridgehead atoms. The van der Waals surface area contributed by atoms with Gasteiger partial charge in [-0.2, -0.15) is 0 Å². The quantitative estimate of drug-likeness (QED) is 0.581. The van der Waals surface area contributed by atoms with Crippen molar-refractivity contribution in [1.29, 1.82) is 0 Å². The Morgan fingerprint density at radius 3 is 2.61 bits per heavy atom. The molecule has 1 spiro atoms. The van der Waals surface area contributed by atoms with E-state index in [1.165, 1.54) is 5.56 Å². The molecule has 2 aliphatic carbocycles. The van der Waals surface area contributed by atoms with Gasteiger partial charge >= 0.3 is 6.09 Å². The van der Waals surface area contributed by atoms with E-state index in [0.29, 0.717) is 25.3 Å². The van der Waals surface area contributed by atoms with Crippen molar-refractivity contribution >= 4 is 17.9 Å². The van der Waals surface area contributed by atoms with Crippen molar-refractivity contribution in [3.8, 4) is 0 Å². The van der Waals surface area contributed by atoms with Crippen LogP contribution in [0.5, 0.6) is 0 Å². The average molecular weight is 517 g/mol. The van der Waals surface area contributed by atoms with Crippen LogP contribution in [0.2, 0.25) is 0 Å². The highest BCUT2D eigenvalue weighted by atomic mass is 16.6. The van der Waals surface area contributed by atoms with Crippen LogP contribution in [0.4, 0.5) is 4.79 Å². The van der Waals surface area contributed by atoms with Crippen molar-refractivity contribution in [1.82, 2.24) is 20.0 Å². The van der Waals surface area contributed by atoms with Crippen LogP contribution in [-0.4, -0.2) is 71.4 Å². The van der Waals surface area contributed by atoms with Gasteiger partial charge in [-0.3, -0.25) is 14.5 Å². The molecule has 1 saturated carbocycles. The lowest BCUT2D eigenvalue weighted by molar-refractivity contribution is -0.143. The Kier molecular flexibility index (Phi) is 6.70. The fraction of sp³-hybridized carbons (Fsp3) is 0.500.